The third kappa shape index (κ3) is 4.08. The van der Waals surface area contributed by atoms with Gasteiger partial charge in [-0.05, 0) is 57.9 Å². The van der Waals surface area contributed by atoms with Gasteiger partial charge in [-0.2, -0.15) is 0 Å². The number of aromatic nitrogens is 3. The molecule has 7 nitrogen and oxygen atoms in total. The van der Waals surface area contributed by atoms with Gasteiger partial charge in [-0.15, -0.1) is 0 Å². The van der Waals surface area contributed by atoms with Gasteiger partial charge >= 0.3 is 6.09 Å². The fourth-order valence-corrected chi connectivity index (χ4v) is 4.44. The molecule has 1 aliphatic heterocycles. The number of fused-ring (bicyclic) bond motifs is 1. The second-order valence-corrected chi connectivity index (χ2v) is 9.08. The number of aromatic amines is 1. The predicted molar refractivity (Wildman–Crippen MR) is 110 cm³/mol. The largest absolute Gasteiger partial charge is 0.444 e. The summed E-state index contributed by atoms with van der Waals surface area (Å²) in [6.45, 7) is 7.07. The van der Waals surface area contributed by atoms with E-state index >= 15 is 0 Å². The minimum absolute atomic E-state index is 0.158. The van der Waals surface area contributed by atoms with E-state index in [0.717, 1.165) is 36.2 Å². The Labute approximate surface area is 166 Å². The van der Waals surface area contributed by atoms with Crippen molar-refractivity contribution in [3.05, 3.63) is 18.1 Å². The molecule has 2 N–H and O–H groups in total. The van der Waals surface area contributed by atoms with Gasteiger partial charge in [-0.25, -0.2) is 14.8 Å². The standard InChI is InChI=1S/C21H31N5O2/c1-21(2,3)28-20(27)26-10-6-9-15(12-26)25-19-17-16(14-7-4-5-8-14)11-22-18(17)23-13-24-19/h11,13-15H,4-10,12H2,1-3H3,(H2,22,23,24,25)/t15-/m1/s1. The molecule has 2 aromatic heterocycles. The number of anilines is 1. The number of likely N-dealkylation sites (tertiary alicyclic amines) is 1. The molecule has 0 spiro atoms. The summed E-state index contributed by atoms with van der Waals surface area (Å²) < 4.78 is 5.55. The second-order valence-electron chi connectivity index (χ2n) is 9.08. The van der Waals surface area contributed by atoms with Gasteiger partial charge in [0.25, 0.3) is 0 Å². The van der Waals surface area contributed by atoms with Crippen molar-refractivity contribution < 1.29 is 9.53 Å². The predicted octanol–water partition coefficient (Wildman–Crippen LogP) is 4.43. The molecule has 2 aromatic rings. The SMILES string of the molecule is CC(C)(C)OC(=O)N1CCC[C@@H](Nc2ncnc3[nH]cc(C4CCCC4)c23)C1. The van der Waals surface area contributed by atoms with Crippen molar-refractivity contribution in [2.75, 3.05) is 18.4 Å². The van der Waals surface area contributed by atoms with E-state index in [9.17, 15) is 4.79 Å². The number of ether oxygens (including phenoxy) is 1. The van der Waals surface area contributed by atoms with Crippen molar-refractivity contribution in [2.45, 2.75) is 76.9 Å². The Morgan fingerprint density at radius 3 is 2.75 bits per heavy atom. The van der Waals surface area contributed by atoms with E-state index < -0.39 is 5.60 Å². The Hall–Kier alpha value is -2.31. The van der Waals surface area contributed by atoms with Crippen LogP contribution >= 0.6 is 0 Å². The number of H-pyrrole nitrogens is 1. The van der Waals surface area contributed by atoms with Crippen LogP contribution in [0.15, 0.2) is 12.5 Å². The Morgan fingerprint density at radius 2 is 2.00 bits per heavy atom. The van der Waals surface area contributed by atoms with Crippen molar-refractivity contribution in [2.24, 2.45) is 0 Å². The topological polar surface area (TPSA) is 83.1 Å². The van der Waals surface area contributed by atoms with E-state index in [1.165, 1.54) is 31.2 Å². The van der Waals surface area contributed by atoms with Crippen LogP contribution in [0.3, 0.4) is 0 Å². The molecule has 0 radical (unpaired) electrons. The molecule has 3 heterocycles. The Kier molecular flexibility index (Phi) is 5.17. The van der Waals surface area contributed by atoms with Crippen LogP contribution in [0.2, 0.25) is 0 Å². The minimum atomic E-state index is -0.475. The Bertz CT molecular complexity index is 835. The van der Waals surface area contributed by atoms with Crippen LogP contribution in [0.5, 0.6) is 0 Å². The van der Waals surface area contributed by atoms with E-state index in [1.54, 1.807) is 11.2 Å². The van der Waals surface area contributed by atoms with Crippen molar-refractivity contribution in [1.82, 2.24) is 19.9 Å². The summed E-state index contributed by atoms with van der Waals surface area (Å²) in [7, 11) is 0. The van der Waals surface area contributed by atoms with Gasteiger partial charge in [0.15, 0.2) is 0 Å². The highest BCUT2D eigenvalue weighted by molar-refractivity contribution is 5.91. The molecule has 2 aliphatic rings. The lowest BCUT2D eigenvalue weighted by atomic mass is 9.97. The first-order valence-electron chi connectivity index (χ1n) is 10.5. The van der Waals surface area contributed by atoms with Crippen LogP contribution in [-0.4, -0.2) is 50.7 Å². The summed E-state index contributed by atoms with van der Waals surface area (Å²) in [5, 5.41) is 4.72. The molecule has 1 aliphatic carbocycles. The normalized spacial score (nSPS) is 21.2. The second kappa shape index (κ2) is 7.60. The number of amides is 1. The molecule has 0 bridgehead atoms. The number of hydrogen-bond acceptors (Lipinski definition) is 5. The molecule has 1 atom stereocenters. The maximum absolute atomic E-state index is 12.5. The Morgan fingerprint density at radius 1 is 1.21 bits per heavy atom. The molecule has 4 rings (SSSR count). The van der Waals surface area contributed by atoms with Gasteiger partial charge < -0.3 is 19.9 Å². The van der Waals surface area contributed by atoms with E-state index in [-0.39, 0.29) is 12.1 Å². The van der Waals surface area contributed by atoms with Crippen molar-refractivity contribution >= 4 is 22.9 Å². The number of hydrogen-bond donors (Lipinski definition) is 2. The summed E-state index contributed by atoms with van der Waals surface area (Å²) in [6, 6.07) is 0.158. The minimum Gasteiger partial charge on any atom is -0.444 e. The Balaban J connectivity index is 1.51. The highest BCUT2D eigenvalue weighted by Crippen LogP contribution is 2.39. The number of nitrogens with zero attached hydrogens (tertiary/aromatic N) is 3. The zero-order valence-corrected chi connectivity index (χ0v) is 17.1. The molecule has 0 unspecified atom stereocenters. The molecule has 1 amide bonds. The van der Waals surface area contributed by atoms with E-state index in [1.807, 2.05) is 20.8 Å². The zero-order chi connectivity index (χ0) is 19.7. The molecular formula is C21H31N5O2. The van der Waals surface area contributed by atoms with Crippen LogP contribution in [0.1, 0.15) is 70.8 Å². The van der Waals surface area contributed by atoms with Crippen LogP contribution in [-0.2, 0) is 4.74 Å². The summed E-state index contributed by atoms with van der Waals surface area (Å²) in [5.41, 5.74) is 1.74. The first kappa shape index (κ1) is 19.0. The van der Waals surface area contributed by atoms with E-state index in [0.29, 0.717) is 12.5 Å². The number of carbonyl (C=O) groups excluding carboxylic acids is 1. The zero-order valence-electron chi connectivity index (χ0n) is 17.1. The van der Waals surface area contributed by atoms with Gasteiger partial charge in [0, 0.05) is 25.3 Å². The first-order chi connectivity index (χ1) is 13.4. The van der Waals surface area contributed by atoms with E-state index in [4.69, 9.17) is 4.74 Å². The lowest BCUT2D eigenvalue weighted by Gasteiger charge is -2.34. The summed E-state index contributed by atoms with van der Waals surface area (Å²) in [5.74, 6) is 1.47. The first-order valence-corrected chi connectivity index (χ1v) is 10.5. The highest BCUT2D eigenvalue weighted by atomic mass is 16.6. The summed E-state index contributed by atoms with van der Waals surface area (Å²) in [6.07, 6.45) is 10.5. The average Bonchev–Trinajstić information content (AvgIpc) is 3.30. The molecule has 7 heteroatoms. The van der Waals surface area contributed by atoms with Gasteiger partial charge in [-0.3, -0.25) is 0 Å². The molecular weight excluding hydrogens is 354 g/mol. The fourth-order valence-electron chi connectivity index (χ4n) is 4.44. The third-order valence-electron chi connectivity index (χ3n) is 5.71. The number of carbonyl (C=O) groups is 1. The van der Waals surface area contributed by atoms with Crippen LogP contribution < -0.4 is 5.32 Å². The van der Waals surface area contributed by atoms with Gasteiger partial charge in [-0.1, -0.05) is 12.8 Å². The van der Waals surface area contributed by atoms with Gasteiger partial charge in [0.2, 0.25) is 0 Å². The van der Waals surface area contributed by atoms with Crippen molar-refractivity contribution in [3.63, 3.8) is 0 Å². The molecule has 28 heavy (non-hydrogen) atoms. The number of nitrogens with one attached hydrogen (secondary N) is 2. The fraction of sp³-hybridized carbons (Fsp3) is 0.667. The summed E-state index contributed by atoms with van der Waals surface area (Å²) >= 11 is 0. The summed E-state index contributed by atoms with van der Waals surface area (Å²) in [4.78, 5) is 26.6. The maximum atomic E-state index is 12.5. The van der Waals surface area contributed by atoms with Crippen LogP contribution in [0.25, 0.3) is 11.0 Å². The average molecular weight is 386 g/mol. The number of rotatable bonds is 3. The lowest BCUT2D eigenvalue weighted by molar-refractivity contribution is 0.0206. The quantitative estimate of drug-likeness (QED) is 0.817. The van der Waals surface area contributed by atoms with Crippen molar-refractivity contribution in [3.8, 4) is 0 Å². The molecule has 2 fully saturated rings. The number of piperidine rings is 1. The van der Waals surface area contributed by atoms with Gasteiger partial charge in [0.05, 0.1) is 5.39 Å². The smallest absolute Gasteiger partial charge is 0.410 e. The van der Waals surface area contributed by atoms with Crippen molar-refractivity contribution in [1.29, 1.82) is 0 Å². The maximum Gasteiger partial charge on any atom is 0.410 e. The van der Waals surface area contributed by atoms with Gasteiger partial charge in [0.1, 0.15) is 23.4 Å². The van der Waals surface area contributed by atoms with Crippen LogP contribution in [0.4, 0.5) is 10.6 Å². The monoisotopic (exact) mass is 385 g/mol. The highest BCUT2D eigenvalue weighted by Gasteiger charge is 2.29. The molecule has 1 saturated carbocycles. The molecule has 152 valence electrons. The van der Waals surface area contributed by atoms with Crippen LogP contribution in [0, 0.1) is 0 Å². The molecule has 1 saturated heterocycles. The third-order valence-corrected chi connectivity index (χ3v) is 5.71. The lowest BCUT2D eigenvalue weighted by Crippen LogP contribution is -2.47. The molecule has 0 aromatic carbocycles. The van der Waals surface area contributed by atoms with E-state index in [2.05, 4.69) is 26.5 Å².